The standard InChI is InChI=1S/C10H13F4N/c11-9(12)3-8(4-9)5-15(6-8)2-7-1-10(7,13)14/h7H,1-6H2/t7-/m1/s1. The topological polar surface area (TPSA) is 3.24 Å². The van der Waals surface area contributed by atoms with Crippen LogP contribution in [0.2, 0.25) is 0 Å². The zero-order valence-corrected chi connectivity index (χ0v) is 8.28. The molecule has 0 N–H and O–H groups in total. The number of hydrogen-bond acceptors (Lipinski definition) is 1. The number of halogens is 4. The van der Waals surface area contributed by atoms with Crippen molar-refractivity contribution in [3.8, 4) is 0 Å². The summed E-state index contributed by atoms with van der Waals surface area (Å²) >= 11 is 0. The first kappa shape index (κ1) is 9.87. The summed E-state index contributed by atoms with van der Waals surface area (Å²) < 4.78 is 50.4. The Kier molecular flexibility index (Phi) is 1.64. The quantitative estimate of drug-likeness (QED) is 0.650. The number of hydrogen-bond donors (Lipinski definition) is 0. The lowest BCUT2D eigenvalue weighted by atomic mass is 9.61. The van der Waals surface area contributed by atoms with Crippen molar-refractivity contribution in [1.29, 1.82) is 0 Å². The monoisotopic (exact) mass is 223 g/mol. The summed E-state index contributed by atoms with van der Waals surface area (Å²) in [7, 11) is 0. The minimum atomic E-state index is -2.49. The number of alkyl halides is 4. The molecule has 0 radical (unpaired) electrons. The molecule has 0 aromatic carbocycles. The van der Waals surface area contributed by atoms with E-state index in [1.807, 2.05) is 4.90 Å². The van der Waals surface area contributed by atoms with Crippen molar-refractivity contribution in [1.82, 2.24) is 4.90 Å². The summed E-state index contributed by atoms with van der Waals surface area (Å²) in [5, 5.41) is 0. The van der Waals surface area contributed by atoms with Crippen molar-refractivity contribution in [3.05, 3.63) is 0 Å². The minimum absolute atomic E-state index is 0.0212. The van der Waals surface area contributed by atoms with Crippen LogP contribution >= 0.6 is 0 Å². The van der Waals surface area contributed by atoms with E-state index in [4.69, 9.17) is 0 Å². The first-order valence-corrected chi connectivity index (χ1v) is 5.28. The second-order valence-corrected chi connectivity index (χ2v) is 5.54. The maximum atomic E-state index is 12.6. The third-order valence-corrected chi connectivity index (χ3v) is 3.82. The van der Waals surface area contributed by atoms with Crippen molar-refractivity contribution in [2.75, 3.05) is 19.6 Å². The fourth-order valence-electron chi connectivity index (χ4n) is 3.08. The average molecular weight is 223 g/mol. The Morgan fingerprint density at radius 3 is 2.00 bits per heavy atom. The lowest BCUT2D eigenvalue weighted by molar-refractivity contribution is -0.214. The normalized spacial score (nSPS) is 39.6. The molecule has 0 unspecified atom stereocenters. The molecular formula is C10H13F4N. The highest BCUT2D eigenvalue weighted by Crippen LogP contribution is 2.58. The summed E-state index contributed by atoms with van der Waals surface area (Å²) in [6, 6.07) is 0. The SMILES string of the molecule is FC1(F)CC2(CN(C[C@H]3CC3(F)F)C2)C1. The van der Waals surface area contributed by atoms with Gasteiger partial charge in [-0.2, -0.15) is 0 Å². The van der Waals surface area contributed by atoms with Gasteiger partial charge < -0.3 is 4.90 Å². The molecule has 1 aliphatic heterocycles. The van der Waals surface area contributed by atoms with Crippen LogP contribution in [0.3, 0.4) is 0 Å². The first-order chi connectivity index (χ1) is 6.80. The van der Waals surface area contributed by atoms with Crippen molar-refractivity contribution in [2.45, 2.75) is 31.1 Å². The highest BCUT2D eigenvalue weighted by Gasteiger charge is 2.64. The van der Waals surface area contributed by atoms with Crippen molar-refractivity contribution >= 4 is 0 Å². The maximum Gasteiger partial charge on any atom is 0.252 e. The van der Waals surface area contributed by atoms with Gasteiger partial charge in [0.25, 0.3) is 5.92 Å². The lowest BCUT2D eigenvalue weighted by Crippen LogP contribution is -2.65. The molecular weight excluding hydrogens is 210 g/mol. The van der Waals surface area contributed by atoms with Gasteiger partial charge in [0.15, 0.2) is 0 Å². The molecule has 5 heteroatoms. The summed E-state index contributed by atoms with van der Waals surface area (Å²) in [5.74, 6) is -5.49. The molecule has 0 aromatic heterocycles. The molecule has 15 heavy (non-hydrogen) atoms. The number of rotatable bonds is 2. The van der Waals surface area contributed by atoms with Gasteiger partial charge in [-0.3, -0.25) is 0 Å². The molecule has 2 saturated carbocycles. The Morgan fingerprint density at radius 2 is 1.60 bits per heavy atom. The van der Waals surface area contributed by atoms with Crippen LogP contribution in [0.1, 0.15) is 19.3 Å². The van der Waals surface area contributed by atoms with E-state index in [1.165, 1.54) is 0 Å². The highest BCUT2D eigenvalue weighted by atomic mass is 19.3. The zero-order valence-electron chi connectivity index (χ0n) is 8.28. The van der Waals surface area contributed by atoms with Crippen LogP contribution in [0.25, 0.3) is 0 Å². The van der Waals surface area contributed by atoms with Gasteiger partial charge in [0, 0.05) is 50.2 Å². The van der Waals surface area contributed by atoms with E-state index >= 15 is 0 Å². The van der Waals surface area contributed by atoms with E-state index in [0.717, 1.165) is 0 Å². The van der Waals surface area contributed by atoms with E-state index in [-0.39, 0.29) is 24.7 Å². The molecule has 1 saturated heterocycles. The van der Waals surface area contributed by atoms with Gasteiger partial charge in [0.1, 0.15) is 0 Å². The van der Waals surface area contributed by atoms with Gasteiger partial charge in [-0.25, -0.2) is 17.6 Å². The van der Waals surface area contributed by atoms with E-state index in [9.17, 15) is 17.6 Å². The fraction of sp³-hybridized carbons (Fsp3) is 1.00. The van der Waals surface area contributed by atoms with Crippen LogP contribution in [-0.4, -0.2) is 36.4 Å². The zero-order chi connectivity index (χ0) is 10.9. The molecule has 1 heterocycles. The molecule has 1 nitrogen and oxygen atoms in total. The van der Waals surface area contributed by atoms with Crippen molar-refractivity contribution < 1.29 is 17.6 Å². The molecule has 86 valence electrons. The third-order valence-electron chi connectivity index (χ3n) is 3.82. The largest absolute Gasteiger partial charge is 0.302 e. The number of likely N-dealkylation sites (tertiary alicyclic amines) is 1. The fourth-order valence-corrected chi connectivity index (χ4v) is 3.08. The van der Waals surface area contributed by atoms with E-state index in [0.29, 0.717) is 19.6 Å². The highest BCUT2D eigenvalue weighted by molar-refractivity contribution is 5.09. The molecule has 1 spiro atoms. The molecule has 2 aliphatic carbocycles. The van der Waals surface area contributed by atoms with Crippen molar-refractivity contribution in [2.24, 2.45) is 11.3 Å². The Balaban J connectivity index is 1.44. The molecule has 3 aliphatic rings. The summed E-state index contributed by atoms with van der Waals surface area (Å²) in [6.07, 6.45) is -0.109. The molecule has 3 fully saturated rings. The lowest BCUT2D eigenvalue weighted by Gasteiger charge is -2.58. The third kappa shape index (κ3) is 1.55. The van der Waals surface area contributed by atoms with Crippen molar-refractivity contribution in [3.63, 3.8) is 0 Å². The second-order valence-electron chi connectivity index (χ2n) is 5.54. The van der Waals surface area contributed by atoms with Crippen LogP contribution in [0.15, 0.2) is 0 Å². The summed E-state index contributed by atoms with van der Waals surface area (Å²) in [6.45, 7) is 1.57. The molecule has 0 aromatic rings. The van der Waals surface area contributed by atoms with Gasteiger partial charge in [-0.05, 0) is 0 Å². The summed E-state index contributed by atoms with van der Waals surface area (Å²) in [4.78, 5) is 1.89. The number of nitrogens with zero attached hydrogens (tertiary/aromatic N) is 1. The van der Waals surface area contributed by atoms with Crippen LogP contribution in [0, 0.1) is 11.3 Å². The van der Waals surface area contributed by atoms with E-state index < -0.39 is 17.8 Å². The van der Waals surface area contributed by atoms with Crippen LogP contribution in [-0.2, 0) is 0 Å². The maximum absolute atomic E-state index is 12.6. The second kappa shape index (κ2) is 2.50. The first-order valence-electron chi connectivity index (χ1n) is 5.28. The predicted octanol–water partition coefficient (Wildman–Crippen LogP) is 2.37. The average Bonchev–Trinajstić information content (AvgIpc) is 2.51. The van der Waals surface area contributed by atoms with Gasteiger partial charge in [-0.15, -0.1) is 0 Å². The van der Waals surface area contributed by atoms with Gasteiger partial charge >= 0.3 is 0 Å². The predicted molar refractivity (Wildman–Crippen MR) is 46.1 cm³/mol. The Labute approximate surface area is 85.4 Å². The molecule has 0 amide bonds. The van der Waals surface area contributed by atoms with Crippen LogP contribution < -0.4 is 0 Å². The molecule has 3 rings (SSSR count). The minimum Gasteiger partial charge on any atom is -0.302 e. The van der Waals surface area contributed by atoms with Crippen LogP contribution in [0.4, 0.5) is 17.6 Å². The Morgan fingerprint density at radius 1 is 1.07 bits per heavy atom. The van der Waals surface area contributed by atoms with E-state index in [2.05, 4.69) is 0 Å². The molecule has 0 bridgehead atoms. The van der Waals surface area contributed by atoms with Gasteiger partial charge in [0.2, 0.25) is 5.92 Å². The van der Waals surface area contributed by atoms with Crippen LogP contribution in [0.5, 0.6) is 0 Å². The van der Waals surface area contributed by atoms with E-state index in [1.54, 1.807) is 0 Å². The Bertz CT molecular complexity index is 286. The van der Waals surface area contributed by atoms with Gasteiger partial charge in [0.05, 0.1) is 0 Å². The smallest absolute Gasteiger partial charge is 0.252 e. The Hall–Kier alpha value is -0.320. The van der Waals surface area contributed by atoms with Gasteiger partial charge in [-0.1, -0.05) is 0 Å². The molecule has 1 atom stereocenters. The summed E-state index contributed by atoms with van der Waals surface area (Å²) in [5.41, 5.74) is -0.228.